The number of rotatable bonds is 6. The maximum atomic E-state index is 12.5. The summed E-state index contributed by atoms with van der Waals surface area (Å²) in [6.45, 7) is 10.3. The van der Waals surface area contributed by atoms with Gasteiger partial charge in [0.1, 0.15) is 11.0 Å². The van der Waals surface area contributed by atoms with E-state index in [1.807, 2.05) is 31.2 Å². The molecule has 2 N–H and O–H groups in total. The fourth-order valence-corrected chi connectivity index (χ4v) is 4.45. The highest BCUT2D eigenvalue weighted by atomic mass is 127. The molecule has 1 amide bonds. The van der Waals surface area contributed by atoms with Crippen molar-refractivity contribution in [3.8, 4) is 5.69 Å². The molecule has 0 radical (unpaired) electrons. The Bertz CT molecular complexity index is 1400. The number of anilines is 2. The first-order valence-corrected chi connectivity index (χ1v) is 12.9. The van der Waals surface area contributed by atoms with E-state index in [0.29, 0.717) is 5.56 Å². The number of thiocarbonyl (C=S) groups is 1. The molecule has 0 atom stereocenters. The van der Waals surface area contributed by atoms with Crippen molar-refractivity contribution in [1.82, 2.24) is 20.3 Å². The number of hydrogen-bond donors (Lipinski definition) is 2. The van der Waals surface area contributed by atoms with Gasteiger partial charge in [-0.2, -0.15) is 4.80 Å². The normalized spacial score (nSPS) is 10.9. The summed E-state index contributed by atoms with van der Waals surface area (Å²) in [6, 6.07) is 17.5. The van der Waals surface area contributed by atoms with Crippen LogP contribution in [-0.4, -0.2) is 39.1 Å². The molecule has 0 aliphatic heterocycles. The molecule has 1 aromatic heterocycles. The zero-order valence-electron chi connectivity index (χ0n) is 20.1. The second-order valence-electron chi connectivity index (χ2n) is 8.20. The summed E-state index contributed by atoms with van der Waals surface area (Å²) in [4.78, 5) is 16.5. The Morgan fingerprint density at radius 1 is 0.971 bits per heavy atom. The standard InChI is InChI=1S/C26H27IN6OS/c1-5-32(6-2)20-11-12-24(17(4)13-20)33-30-22-14-16(3)21(15-23(22)31-33)28-26(35)29-25(34)18-7-9-19(27)10-8-18/h7-15H,5-6H2,1-4H3,(H2,28,29,34,35). The second-order valence-corrected chi connectivity index (χ2v) is 9.86. The zero-order valence-corrected chi connectivity index (χ0v) is 23.1. The van der Waals surface area contributed by atoms with Gasteiger partial charge in [0, 0.05) is 33.6 Å². The van der Waals surface area contributed by atoms with E-state index in [1.165, 1.54) is 5.69 Å². The Labute approximate surface area is 224 Å². The van der Waals surface area contributed by atoms with Crippen LogP contribution in [0.2, 0.25) is 0 Å². The van der Waals surface area contributed by atoms with Crippen molar-refractivity contribution < 1.29 is 4.79 Å². The Balaban J connectivity index is 1.54. The number of carbonyl (C=O) groups excluding carboxylic acids is 1. The van der Waals surface area contributed by atoms with Gasteiger partial charge >= 0.3 is 0 Å². The van der Waals surface area contributed by atoms with Gasteiger partial charge in [-0.3, -0.25) is 10.1 Å². The summed E-state index contributed by atoms with van der Waals surface area (Å²) in [5.41, 5.74) is 7.01. The van der Waals surface area contributed by atoms with Crippen LogP contribution in [-0.2, 0) is 0 Å². The van der Waals surface area contributed by atoms with Gasteiger partial charge in [-0.1, -0.05) is 0 Å². The molecule has 1 heterocycles. The highest BCUT2D eigenvalue weighted by molar-refractivity contribution is 14.1. The van der Waals surface area contributed by atoms with Gasteiger partial charge in [0.15, 0.2) is 5.11 Å². The van der Waals surface area contributed by atoms with Gasteiger partial charge < -0.3 is 10.2 Å². The molecule has 180 valence electrons. The topological polar surface area (TPSA) is 75.1 Å². The van der Waals surface area contributed by atoms with Crippen molar-refractivity contribution in [3.63, 3.8) is 0 Å². The molecule has 0 aliphatic carbocycles. The van der Waals surface area contributed by atoms with Crippen LogP contribution in [0.25, 0.3) is 16.7 Å². The summed E-state index contributed by atoms with van der Waals surface area (Å²) in [5.74, 6) is -0.257. The zero-order chi connectivity index (χ0) is 25.1. The average Bonchev–Trinajstić information content (AvgIpc) is 3.22. The number of amides is 1. The first-order valence-electron chi connectivity index (χ1n) is 11.4. The van der Waals surface area contributed by atoms with E-state index < -0.39 is 0 Å². The maximum absolute atomic E-state index is 12.5. The molecular weight excluding hydrogens is 571 g/mol. The molecule has 0 aliphatic rings. The van der Waals surface area contributed by atoms with E-state index in [1.54, 1.807) is 16.9 Å². The number of hydrogen-bond acceptors (Lipinski definition) is 5. The van der Waals surface area contributed by atoms with Gasteiger partial charge in [0.2, 0.25) is 0 Å². The largest absolute Gasteiger partial charge is 0.372 e. The van der Waals surface area contributed by atoms with Gasteiger partial charge in [-0.25, -0.2) is 0 Å². The molecule has 0 unspecified atom stereocenters. The number of fused-ring (bicyclic) bond motifs is 1. The minimum atomic E-state index is -0.257. The number of nitrogens with one attached hydrogen (secondary N) is 2. The van der Waals surface area contributed by atoms with E-state index >= 15 is 0 Å². The number of benzene rings is 3. The third kappa shape index (κ3) is 5.62. The summed E-state index contributed by atoms with van der Waals surface area (Å²) in [5, 5.41) is 15.5. The van der Waals surface area contributed by atoms with E-state index in [-0.39, 0.29) is 11.0 Å². The van der Waals surface area contributed by atoms with Crippen LogP contribution in [0.5, 0.6) is 0 Å². The molecule has 0 bridgehead atoms. The Morgan fingerprint density at radius 2 is 1.63 bits per heavy atom. The Kier molecular flexibility index (Phi) is 7.66. The quantitative estimate of drug-likeness (QED) is 0.222. The smallest absolute Gasteiger partial charge is 0.257 e. The van der Waals surface area contributed by atoms with Crippen molar-refractivity contribution in [2.75, 3.05) is 23.3 Å². The Hall–Kier alpha value is -3.05. The van der Waals surface area contributed by atoms with Gasteiger partial charge in [-0.15, -0.1) is 10.2 Å². The van der Waals surface area contributed by atoms with Crippen molar-refractivity contribution in [2.45, 2.75) is 27.7 Å². The molecule has 0 saturated heterocycles. The maximum Gasteiger partial charge on any atom is 0.257 e. The molecule has 4 aromatic rings. The highest BCUT2D eigenvalue weighted by Crippen LogP contribution is 2.25. The lowest BCUT2D eigenvalue weighted by molar-refractivity contribution is 0.0977. The van der Waals surface area contributed by atoms with Crippen molar-refractivity contribution in [1.29, 1.82) is 0 Å². The fraction of sp³-hybridized carbons (Fsp3) is 0.231. The number of nitrogens with zero attached hydrogens (tertiary/aromatic N) is 4. The van der Waals surface area contributed by atoms with Crippen molar-refractivity contribution >= 4 is 68.2 Å². The minimum absolute atomic E-state index is 0.228. The van der Waals surface area contributed by atoms with E-state index in [2.05, 4.69) is 77.1 Å². The fourth-order valence-electron chi connectivity index (χ4n) is 3.89. The van der Waals surface area contributed by atoms with Gasteiger partial charge in [0.25, 0.3) is 5.91 Å². The second kappa shape index (κ2) is 10.7. The lowest BCUT2D eigenvalue weighted by Gasteiger charge is -2.22. The van der Waals surface area contributed by atoms with Gasteiger partial charge in [-0.05, 0) is 128 Å². The summed E-state index contributed by atoms with van der Waals surface area (Å²) >= 11 is 7.58. The number of aryl methyl sites for hydroxylation is 2. The molecule has 35 heavy (non-hydrogen) atoms. The van der Waals surface area contributed by atoms with Crippen LogP contribution in [0, 0.1) is 17.4 Å². The van der Waals surface area contributed by atoms with Crippen LogP contribution in [0.15, 0.2) is 54.6 Å². The lowest BCUT2D eigenvalue weighted by atomic mass is 10.1. The van der Waals surface area contributed by atoms with Crippen LogP contribution >= 0.6 is 34.8 Å². The molecule has 0 spiro atoms. The van der Waals surface area contributed by atoms with Crippen LogP contribution in [0.3, 0.4) is 0 Å². The molecule has 3 aromatic carbocycles. The van der Waals surface area contributed by atoms with E-state index in [4.69, 9.17) is 22.4 Å². The molecule has 4 rings (SSSR count). The number of halogens is 1. The third-order valence-electron chi connectivity index (χ3n) is 5.83. The number of aromatic nitrogens is 3. The molecule has 0 fully saturated rings. The monoisotopic (exact) mass is 598 g/mol. The summed E-state index contributed by atoms with van der Waals surface area (Å²) in [7, 11) is 0. The minimum Gasteiger partial charge on any atom is -0.372 e. The average molecular weight is 599 g/mol. The Morgan fingerprint density at radius 3 is 2.26 bits per heavy atom. The van der Waals surface area contributed by atoms with Crippen molar-refractivity contribution in [3.05, 3.63) is 74.9 Å². The van der Waals surface area contributed by atoms with Crippen molar-refractivity contribution in [2.24, 2.45) is 0 Å². The predicted molar refractivity (Wildman–Crippen MR) is 155 cm³/mol. The van der Waals surface area contributed by atoms with E-state index in [9.17, 15) is 4.79 Å². The molecule has 9 heteroatoms. The van der Waals surface area contributed by atoms with Crippen LogP contribution < -0.4 is 15.5 Å². The third-order valence-corrected chi connectivity index (χ3v) is 6.76. The predicted octanol–water partition coefficient (Wildman–Crippen LogP) is 5.61. The number of carbonyl (C=O) groups is 1. The SMILES string of the molecule is CCN(CC)c1ccc(-n2nc3cc(C)c(NC(=S)NC(=O)c4ccc(I)cc4)cc3n2)c(C)c1. The summed E-state index contributed by atoms with van der Waals surface area (Å²) < 4.78 is 1.06. The molecule has 0 saturated carbocycles. The first kappa shape index (κ1) is 25.1. The van der Waals surface area contributed by atoms with Gasteiger partial charge in [0.05, 0.1) is 5.69 Å². The van der Waals surface area contributed by atoms with E-state index in [0.717, 1.165) is 50.2 Å². The lowest BCUT2D eigenvalue weighted by Crippen LogP contribution is -2.34. The summed E-state index contributed by atoms with van der Waals surface area (Å²) in [6.07, 6.45) is 0. The highest BCUT2D eigenvalue weighted by Gasteiger charge is 2.13. The molecular formula is C26H27IN6OS. The van der Waals surface area contributed by atoms with Crippen LogP contribution in [0.4, 0.5) is 11.4 Å². The molecule has 7 nitrogen and oxygen atoms in total. The van der Waals surface area contributed by atoms with Crippen LogP contribution in [0.1, 0.15) is 35.3 Å². The first-order chi connectivity index (χ1) is 16.8.